The summed E-state index contributed by atoms with van der Waals surface area (Å²) >= 11 is 13.7. The minimum atomic E-state index is -0.519. The monoisotopic (exact) mass is 480 g/mol. The van der Waals surface area contributed by atoms with Crippen molar-refractivity contribution in [3.8, 4) is 0 Å². The van der Waals surface area contributed by atoms with Gasteiger partial charge in [-0.15, -0.1) is 11.8 Å². The molecule has 0 spiro atoms. The Balaban J connectivity index is 2.16. The molecule has 1 atom stereocenters. The van der Waals surface area contributed by atoms with Gasteiger partial charge in [0, 0.05) is 28.4 Å². The van der Waals surface area contributed by atoms with Crippen molar-refractivity contribution in [1.82, 2.24) is 10.2 Å². The molecule has 2 rings (SSSR count). The molecule has 0 aliphatic carbocycles. The summed E-state index contributed by atoms with van der Waals surface area (Å²) < 4.78 is 0. The van der Waals surface area contributed by atoms with E-state index in [0.29, 0.717) is 28.8 Å². The lowest BCUT2D eigenvalue weighted by Crippen LogP contribution is -2.51. The van der Waals surface area contributed by atoms with Gasteiger partial charge in [0.2, 0.25) is 11.8 Å². The lowest BCUT2D eigenvalue weighted by molar-refractivity contribution is -0.139. The molecule has 0 aliphatic rings. The van der Waals surface area contributed by atoms with Gasteiger partial charge in [-0.05, 0) is 56.0 Å². The number of halogens is 2. The molecule has 0 saturated heterocycles. The number of carbonyl (C=O) groups is 2. The molecule has 2 aromatic carbocycles. The van der Waals surface area contributed by atoms with Gasteiger partial charge < -0.3 is 10.2 Å². The molecule has 0 fully saturated rings. The van der Waals surface area contributed by atoms with Gasteiger partial charge in [0.1, 0.15) is 6.04 Å². The van der Waals surface area contributed by atoms with Crippen molar-refractivity contribution in [2.24, 2.45) is 0 Å². The Morgan fingerprint density at radius 3 is 2.42 bits per heavy atom. The first-order valence-corrected chi connectivity index (χ1v) is 12.3. The number of rotatable bonds is 10. The van der Waals surface area contributed by atoms with Crippen molar-refractivity contribution in [2.45, 2.75) is 58.5 Å². The highest BCUT2D eigenvalue weighted by atomic mass is 35.5. The average molecular weight is 481 g/mol. The van der Waals surface area contributed by atoms with Crippen molar-refractivity contribution in [1.29, 1.82) is 0 Å². The summed E-state index contributed by atoms with van der Waals surface area (Å²) in [5.74, 6) is 0.667. The van der Waals surface area contributed by atoms with E-state index in [4.69, 9.17) is 23.2 Å². The standard InChI is InChI=1S/C24H30Cl2N2O2S/c1-5-22(24(30)27-16(2)3)28(13-18-9-7-6-8-17(18)4)23(29)15-31-14-19-10-11-20(25)12-21(19)26/h6-12,16,22H,5,13-15H2,1-4H3,(H,27,30)/t22-/m1/s1. The molecule has 31 heavy (non-hydrogen) atoms. The van der Waals surface area contributed by atoms with Crippen LogP contribution < -0.4 is 5.32 Å². The van der Waals surface area contributed by atoms with Crippen LogP contribution in [0.3, 0.4) is 0 Å². The van der Waals surface area contributed by atoms with Crippen LogP contribution >= 0.6 is 35.0 Å². The third-order valence-electron chi connectivity index (χ3n) is 4.92. The Hall–Kier alpha value is -1.69. The molecule has 0 aliphatic heterocycles. The Bertz CT molecular complexity index is 905. The van der Waals surface area contributed by atoms with Gasteiger partial charge in [-0.2, -0.15) is 0 Å². The first kappa shape index (κ1) is 25.6. The van der Waals surface area contributed by atoms with Crippen LogP contribution in [0.4, 0.5) is 0 Å². The minimum Gasteiger partial charge on any atom is -0.352 e. The van der Waals surface area contributed by atoms with E-state index in [1.165, 1.54) is 11.8 Å². The number of thioether (sulfide) groups is 1. The zero-order valence-electron chi connectivity index (χ0n) is 18.5. The van der Waals surface area contributed by atoms with E-state index >= 15 is 0 Å². The number of hydrogen-bond acceptors (Lipinski definition) is 3. The van der Waals surface area contributed by atoms with Gasteiger partial charge in [-0.3, -0.25) is 9.59 Å². The molecule has 0 heterocycles. The van der Waals surface area contributed by atoms with Crippen LogP contribution in [0.1, 0.15) is 43.9 Å². The van der Waals surface area contributed by atoms with Crippen molar-refractivity contribution < 1.29 is 9.59 Å². The van der Waals surface area contributed by atoms with Crippen LogP contribution in [-0.4, -0.2) is 34.6 Å². The van der Waals surface area contributed by atoms with Gasteiger partial charge in [0.05, 0.1) is 5.75 Å². The topological polar surface area (TPSA) is 49.4 Å². The number of benzene rings is 2. The number of nitrogens with zero attached hydrogens (tertiary/aromatic N) is 1. The second-order valence-corrected chi connectivity index (χ2v) is 9.59. The fourth-order valence-electron chi connectivity index (χ4n) is 3.24. The molecular weight excluding hydrogens is 451 g/mol. The Morgan fingerprint density at radius 1 is 1.10 bits per heavy atom. The molecule has 0 radical (unpaired) electrons. The maximum absolute atomic E-state index is 13.2. The second-order valence-electron chi connectivity index (χ2n) is 7.76. The fraction of sp³-hybridized carbons (Fsp3) is 0.417. The highest BCUT2D eigenvalue weighted by Crippen LogP contribution is 2.25. The predicted molar refractivity (Wildman–Crippen MR) is 132 cm³/mol. The number of aryl methyl sites for hydroxylation is 1. The van der Waals surface area contributed by atoms with Crippen LogP contribution in [0.25, 0.3) is 0 Å². The highest BCUT2D eigenvalue weighted by molar-refractivity contribution is 7.99. The Morgan fingerprint density at radius 2 is 1.81 bits per heavy atom. The van der Waals surface area contributed by atoms with Crippen LogP contribution in [0, 0.1) is 6.92 Å². The smallest absolute Gasteiger partial charge is 0.243 e. The van der Waals surface area contributed by atoms with E-state index in [1.54, 1.807) is 17.0 Å². The summed E-state index contributed by atoms with van der Waals surface area (Å²) in [5.41, 5.74) is 3.07. The Labute approximate surface area is 199 Å². The summed E-state index contributed by atoms with van der Waals surface area (Å²) in [4.78, 5) is 27.8. The maximum atomic E-state index is 13.2. The molecular formula is C24H30Cl2N2O2S. The van der Waals surface area contributed by atoms with Crippen LogP contribution in [-0.2, 0) is 21.9 Å². The lowest BCUT2D eigenvalue weighted by atomic mass is 10.1. The first-order chi connectivity index (χ1) is 14.7. The molecule has 0 saturated carbocycles. The largest absolute Gasteiger partial charge is 0.352 e. The molecule has 2 amide bonds. The van der Waals surface area contributed by atoms with Gasteiger partial charge in [-0.25, -0.2) is 0 Å². The zero-order valence-corrected chi connectivity index (χ0v) is 20.8. The first-order valence-electron chi connectivity index (χ1n) is 10.4. The summed E-state index contributed by atoms with van der Waals surface area (Å²) in [6, 6.07) is 12.8. The summed E-state index contributed by atoms with van der Waals surface area (Å²) in [6.45, 7) is 8.19. The number of nitrogens with one attached hydrogen (secondary N) is 1. The maximum Gasteiger partial charge on any atom is 0.243 e. The Kier molecular flexibility index (Phi) is 10.2. The van der Waals surface area contributed by atoms with E-state index in [0.717, 1.165) is 16.7 Å². The summed E-state index contributed by atoms with van der Waals surface area (Å²) in [7, 11) is 0. The molecule has 2 aromatic rings. The quantitative estimate of drug-likeness (QED) is 0.462. The molecule has 7 heteroatoms. The van der Waals surface area contributed by atoms with Crippen molar-refractivity contribution in [3.05, 3.63) is 69.2 Å². The third kappa shape index (κ3) is 7.74. The number of amides is 2. The van der Waals surface area contributed by atoms with Gasteiger partial charge in [0.25, 0.3) is 0 Å². The van der Waals surface area contributed by atoms with Crippen molar-refractivity contribution in [3.63, 3.8) is 0 Å². The van der Waals surface area contributed by atoms with Crippen molar-refractivity contribution >= 4 is 46.8 Å². The lowest BCUT2D eigenvalue weighted by Gasteiger charge is -2.31. The van der Waals surface area contributed by atoms with E-state index in [2.05, 4.69) is 5.32 Å². The second kappa shape index (κ2) is 12.4. The normalized spacial score (nSPS) is 12.0. The summed E-state index contributed by atoms with van der Waals surface area (Å²) in [6.07, 6.45) is 0.545. The average Bonchev–Trinajstić information content (AvgIpc) is 2.70. The van der Waals surface area contributed by atoms with Gasteiger partial charge >= 0.3 is 0 Å². The van der Waals surface area contributed by atoms with Gasteiger partial charge in [0.15, 0.2) is 0 Å². The van der Waals surface area contributed by atoms with Crippen LogP contribution in [0.2, 0.25) is 10.0 Å². The van der Waals surface area contributed by atoms with Gasteiger partial charge in [-0.1, -0.05) is 60.5 Å². The predicted octanol–water partition coefficient (Wildman–Crippen LogP) is 5.87. The summed E-state index contributed by atoms with van der Waals surface area (Å²) in [5, 5.41) is 4.13. The van der Waals surface area contributed by atoms with E-state index < -0.39 is 6.04 Å². The molecule has 0 unspecified atom stereocenters. The zero-order chi connectivity index (χ0) is 23.0. The molecule has 0 aromatic heterocycles. The van der Waals surface area contributed by atoms with E-state index in [-0.39, 0.29) is 23.6 Å². The SMILES string of the molecule is CC[C@H](C(=O)NC(C)C)N(Cc1ccccc1C)C(=O)CSCc1ccc(Cl)cc1Cl. The van der Waals surface area contributed by atoms with Crippen LogP contribution in [0.5, 0.6) is 0 Å². The molecule has 168 valence electrons. The fourth-order valence-corrected chi connectivity index (χ4v) is 4.71. The van der Waals surface area contributed by atoms with E-state index in [1.807, 2.05) is 58.0 Å². The molecule has 4 nitrogen and oxygen atoms in total. The van der Waals surface area contributed by atoms with Crippen molar-refractivity contribution in [2.75, 3.05) is 5.75 Å². The minimum absolute atomic E-state index is 0.0124. The molecule has 0 bridgehead atoms. The van der Waals surface area contributed by atoms with E-state index in [9.17, 15) is 9.59 Å². The third-order valence-corrected chi connectivity index (χ3v) is 6.47. The van der Waals surface area contributed by atoms with Crippen LogP contribution in [0.15, 0.2) is 42.5 Å². The number of hydrogen-bond donors (Lipinski definition) is 1. The number of carbonyl (C=O) groups excluding carboxylic acids is 2. The molecule has 1 N–H and O–H groups in total. The highest BCUT2D eigenvalue weighted by Gasteiger charge is 2.29.